The molecule has 1 aromatic heterocycles. The number of pyridine rings is 1. The van der Waals surface area contributed by atoms with Gasteiger partial charge in [-0.3, -0.25) is 4.99 Å². The first-order valence-electron chi connectivity index (χ1n) is 11.8. The van der Waals surface area contributed by atoms with E-state index < -0.39 is 11.7 Å². The first-order valence-corrected chi connectivity index (χ1v) is 11.8. The lowest BCUT2D eigenvalue weighted by atomic mass is 10.1. The van der Waals surface area contributed by atoms with E-state index in [0.717, 1.165) is 47.2 Å². The van der Waals surface area contributed by atoms with E-state index in [1.54, 1.807) is 13.3 Å². The first-order chi connectivity index (χ1) is 17.9. The van der Waals surface area contributed by atoms with Crippen LogP contribution in [-0.4, -0.2) is 27.7 Å². The smallest absolute Gasteiger partial charge is 0.416 e. The second-order valence-electron chi connectivity index (χ2n) is 8.88. The van der Waals surface area contributed by atoms with E-state index in [4.69, 9.17) is 14.7 Å². The second-order valence-corrected chi connectivity index (χ2v) is 8.88. The van der Waals surface area contributed by atoms with Crippen LogP contribution < -0.4 is 15.4 Å². The highest BCUT2D eigenvalue weighted by atomic mass is 19.4. The zero-order valence-corrected chi connectivity index (χ0v) is 19.8. The summed E-state index contributed by atoms with van der Waals surface area (Å²) >= 11 is 0. The van der Waals surface area contributed by atoms with Crippen molar-refractivity contribution in [3.8, 4) is 23.0 Å². The van der Waals surface area contributed by atoms with Gasteiger partial charge in [-0.05, 0) is 73.5 Å². The van der Waals surface area contributed by atoms with E-state index in [-0.39, 0.29) is 6.04 Å². The van der Waals surface area contributed by atoms with Crippen molar-refractivity contribution in [2.75, 3.05) is 12.4 Å². The molecule has 3 aliphatic rings. The van der Waals surface area contributed by atoms with E-state index in [2.05, 4.69) is 10.3 Å². The number of para-hydroxylation sites is 2. The number of benzene rings is 3. The molecule has 0 atom stereocenters. The maximum Gasteiger partial charge on any atom is 0.416 e. The minimum atomic E-state index is -4.41. The van der Waals surface area contributed by atoms with E-state index in [1.165, 1.54) is 12.1 Å². The fraction of sp³-hybridized carbons (Fsp3) is 0.179. The summed E-state index contributed by atoms with van der Waals surface area (Å²) in [7, 11) is 1.56. The fourth-order valence-corrected chi connectivity index (χ4v) is 4.32. The topological polar surface area (TPSA) is 64.3 Å². The molecule has 0 saturated heterocycles. The Hall–Kier alpha value is -4.40. The monoisotopic (exact) mass is 501 g/mol. The summed E-state index contributed by atoms with van der Waals surface area (Å²) in [5.74, 6) is 0.450. The lowest BCUT2D eigenvalue weighted by molar-refractivity contribution is -0.137. The molecule has 2 aliphatic carbocycles. The molecule has 2 aromatic carbocycles. The number of hydrogen-bond acceptors (Lipinski definition) is 5. The molecule has 37 heavy (non-hydrogen) atoms. The van der Waals surface area contributed by atoms with Crippen LogP contribution in [0.5, 0.6) is 5.88 Å². The number of nitrogens with one attached hydrogen (secondary N) is 1. The van der Waals surface area contributed by atoms with Gasteiger partial charge in [0.15, 0.2) is 0 Å². The van der Waals surface area contributed by atoms with E-state index >= 15 is 0 Å². The normalized spacial score (nSPS) is 14.3. The predicted molar refractivity (Wildman–Crippen MR) is 135 cm³/mol. The maximum absolute atomic E-state index is 13.2. The molecule has 1 saturated carbocycles. The average molecular weight is 502 g/mol. The summed E-state index contributed by atoms with van der Waals surface area (Å²) in [6, 6.07) is 20.5. The fourth-order valence-electron chi connectivity index (χ4n) is 4.32. The van der Waals surface area contributed by atoms with Crippen LogP contribution in [0.15, 0.2) is 84.0 Å². The first kappa shape index (κ1) is 23.0. The van der Waals surface area contributed by atoms with Gasteiger partial charge in [0.25, 0.3) is 0 Å². The number of anilines is 2. The number of aromatic nitrogens is 3. The van der Waals surface area contributed by atoms with Gasteiger partial charge >= 0.3 is 6.18 Å². The number of rotatable bonds is 5. The molecule has 1 aliphatic heterocycles. The molecule has 2 heterocycles. The Morgan fingerprint density at radius 1 is 0.973 bits per heavy atom. The molecule has 6 rings (SSSR count). The third kappa shape index (κ3) is 4.48. The van der Waals surface area contributed by atoms with Gasteiger partial charge in [0.05, 0.1) is 52.2 Å². The van der Waals surface area contributed by atoms with Crippen LogP contribution in [0.2, 0.25) is 0 Å². The minimum Gasteiger partial charge on any atom is -0.480 e. The van der Waals surface area contributed by atoms with Crippen LogP contribution in [0.25, 0.3) is 28.1 Å². The molecular formula is C28H22F3N5O. The zero-order valence-electron chi connectivity index (χ0n) is 19.8. The van der Waals surface area contributed by atoms with Crippen molar-refractivity contribution in [2.24, 2.45) is 4.99 Å². The highest BCUT2D eigenvalue weighted by Gasteiger charge is 2.30. The van der Waals surface area contributed by atoms with Gasteiger partial charge in [-0.25, -0.2) is 9.97 Å². The number of methoxy groups -OCH3 is 1. The third-order valence-corrected chi connectivity index (χ3v) is 6.25. The molecule has 0 radical (unpaired) electrons. The number of halogens is 3. The van der Waals surface area contributed by atoms with Crippen LogP contribution in [-0.2, 0) is 6.18 Å². The molecule has 0 bridgehead atoms. The van der Waals surface area contributed by atoms with Gasteiger partial charge in [-0.15, -0.1) is 0 Å². The average Bonchev–Trinajstić information content (AvgIpc) is 3.72. The maximum atomic E-state index is 13.2. The summed E-state index contributed by atoms with van der Waals surface area (Å²) in [5.41, 5.74) is 4.23. The molecular weight excluding hydrogens is 479 g/mol. The van der Waals surface area contributed by atoms with Crippen molar-refractivity contribution in [3.63, 3.8) is 0 Å². The highest BCUT2D eigenvalue weighted by Crippen LogP contribution is 2.34. The van der Waals surface area contributed by atoms with Crippen molar-refractivity contribution in [2.45, 2.75) is 25.1 Å². The van der Waals surface area contributed by atoms with Gasteiger partial charge < -0.3 is 14.6 Å². The summed E-state index contributed by atoms with van der Waals surface area (Å²) < 4.78 is 47.0. The van der Waals surface area contributed by atoms with Crippen LogP contribution in [0.1, 0.15) is 18.4 Å². The van der Waals surface area contributed by atoms with E-state index in [9.17, 15) is 13.2 Å². The summed E-state index contributed by atoms with van der Waals surface area (Å²) in [6.45, 7) is 0. The van der Waals surface area contributed by atoms with Crippen molar-refractivity contribution >= 4 is 22.4 Å². The van der Waals surface area contributed by atoms with E-state index in [0.29, 0.717) is 28.5 Å². The van der Waals surface area contributed by atoms with Crippen LogP contribution >= 0.6 is 0 Å². The standard InChI is InChI=1S/C28H22F3N5O/c1-37-27-21(6-4-14-32-27)35-22-15-24-26(16-23(22)33-18-10-11-18)36(25-7-3-2-5-20(25)34-24)19-12-8-17(9-13-19)28(29,30)31/h2-9,12-16,18,35H,10-11H2,1H3. The Morgan fingerprint density at radius 3 is 2.49 bits per heavy atom. The van der Waals surface area contributed by atoms with Crippen molar-refractivity contribution in [1.29, 1.82) is 0 Å². The summed E-state index contributed by atoms with van der Waals surface area (Å²) in [6.07, 6.45) is -0.721. The predicted octanol–water partition coefficient (Wildman–Crippen LogP) is 6.36. The zero-order chi connectivity index (χ0) is 25.6. The van der Waals surface area contributed by atoms with Gasteiger partial charge in [-0.1, -0.05) is 12.1 Å². The molecule has 1 N–H and O–H groups in total. The number of ether oxygens (including phenoxy) is 1. The van der Waals surface area contributed by atoms with E-state index in [1.807, 2.05) is 53.1 Å². The van der Waals surface area contributed by atoms with Crippen molar-refractivity contribution in [3.05, 3.63) is 89.9 Å². The number of nitrogens with zero attached hydrogens (tertiary/aromatic N) is 4. The summed E-state index contributed by atoms with van der Waals surface area (Å²) in [4.78, 5) is 14.1. The quantitative estimate of drug-likeness (QED) is 0.285. The molecule has 1 fully saturated rings. The van der Waals surface area contributed by atoms with Crippen LogP contribution in [0, 0.1) is 0 Å². The molecule has 9 heteroatoms. The molecule has 6 nitrogen and oxygen atoms in total. The molecule has 0 unspecified atom stereocenters. The molecule has 0 amide bonds. The Bertz CT molecular complexity index is 1640. The number of fused-ring (bicyclic) bond motifs is 2. The Kier molecular flexibility index (Phi) is 5.55. The Labute approximate surface area is 210 Å². The molecule has 3 aromatic rings. The highest BCUT2D eigenvalue weighted by molar-refractivity contribution is 5.84. The van der Waals surface area contributed by atoms with Crippen LogP contribution in [0.3, 0.4) is 0 Å². The SMILES string of the molecule is COc1ncccc1Nc1cc2nc3ccccc3n(-c3ccc(C(F)(F)F)cc3)c-2cc1=NC1CC1. The number of hydrogen-bond donors (Lipinski definition) is 1. The summed E-state index contributed by atoms with van der Waals surface area (Å²) in [5, 5.41) is 4.13. The second kappa shape index (κ2) is 8.92. The lowest BCUT2D eigenvalue weighted by Crippen LogP contribution is -2.16. The van der Waals surface area contributed by atoms with Crippen molar-refractivity contribution in [1.82, 2.24) is 14.5 Å². The Morgan fingerprint density at radius 2 is 1.76 bits per heavy atom. The van der Waals surface area contributed by atoms with Gasteiger partial charge in [0.2, 0.25) is 5.88 Å². The largest absolute Gasteiger partial charge is 0.480 e. The van der Waals surface area contributed by atoms with Gasteiger partial charge in [-0.2, -0.15) is 13.2 Å². The Balaban J connectivity index is 1.59. The molecule has 0 spiro atoms. The van der Waals surface area contributed by atoms with Crippen LogP contribution in [0.4, 0.5) is 24.5 Å². The van der Waals surface area contributed by atoms with Crippen molar-refractivity contribution < 1.29 is 17.9 Å². The molecule has 186 valence electrons. The lowest BCUT2D eigenvalue weighted by Gasteiger charge is -2.21. The minimum absolute atomic E-state index is 0.238. The van der Waals surface area contributed by atoms with Gasteiger partial charge in [0.1, 0.15) is 5.69 Å². The number of alkyl halides is 3. The third-order valence-electron chi connectivity index (χ3n) is 6.25. The van der Waals surface area contributed by atoms with Gasteiger partial charge in [0, 0.05) is 11.9 Å².